The first-order valence-electron chi connectivity index (χ1n) is 13.3. The van der Waals surface area contributed by atoms with Crippen LogP contribution in [0.15, 0.2) is 42.7 Å². The Hall–Kier alpha value is -4.09. The predicted molar refractivity (Wildman–Crippen MR) is 147 cm³/mol. The van der Waals surface area contributed by atoms with E-state index in [4.69, 9.17) is 9.47 Å². The largest absolute Gasteiger partial charge is 0.494 e. The molecule has 0 fully saturated rings. The summed E-state index contributed by atoms with van der Waals surface area (Å²) in [5, 5.41) is 15.5. The lowest BCUT2D eigenvalue weighted by atomic mass is 9.97. The Morgan fingerprint density at radius 2 is 2.00 bits per heavy atom. The van der Waals surface area contributed by atoms with Gasteiger partial charge in [-0.2, -0.15) is 5.10 Å². The third-order valence-electron chi connectivity index (χ3n) is 7.20. The first-order chi connectivity index (χ1) is 19.4. The highest BCUT2D eigenvalue weighted by molar-refractivity contribution is 5.95. The fourth-order valence-corrected chi connectivity index (χ4v) is 5.06. The van der Waals surface area contributed by atoms with E-state index in [-0.39, 0.29) is 30.4 Å². The second-order valence-corrected chi connectivity index (χ2v) is 9.91. The number of aryl methyl sites for hydroxylation is 1. The van der Waals surface area contributed by atoms with Crippen molar-refractivity contribution in [2.75, 3.05) is 27.3 Å². The van der Waals surface area contributed by atoms with Gasteiger partial charge in [-0.1, -0.05) is 30.3 Å². The topological polar surface area (TPSA) is 99.3 Å². The number of nitrogens with one attached hydrogen (secondary N) is 1. The van der Waals surface area contributed by atoms with Crippen LogP contribution >= 0.6 is 0 Å². The minimum Gasteiger partial charge on any atom is -0.494 e. The molecule has 11 heteroatoms. The van der Waals surface area contributed by atoms with Crippen LogP contribution in [-0.2, 0) is 37.4 Å². The number of nitrogens with zero attached hydrogens (tertiary/aromatic N) is 6. The van der Waals surface area contributed by atoms with Gasteiger partial charge in [-0.25, -0.2) is 9.07 Å². The van der Waals surface area contributed by atoms with Crippen molar-refractivity contribution in [3.05, 3.63) is 87.7 Å². The Balaban J connectivity index is 1.36. The number of fused-ring (bicyclic) bond motifs is 1. The van der Waals surface area contributed by atoms with Gasteiger partial charge >= 0.3 is 0 Å². The minimum absolute atomic E-state index is 0.0739. The van der Waals surface area contributed by atoms with Gasteiger partial charge in [-0.3, -0.25) is 14.4 Å². The molecule has 0 spiro atoms. The summed E-state index contributed by atoms with van der Waals surface area (Å²) in [6.45, 7) is 7.63. The van der Waals surface area contributed by atoms with Crippen LogP contribution in [-0.4, -0.2) is 62.9 Å². The Labute approximate surface area is 232 Å². The van der Waals surface area contributed by atoms with Gasteiger partial charge in [0.25, 0.3) is 5.91 Å². The number of halogens is 1. The fraction of sp³-hybridized carbons (Fsp3) is 0.379. The maximum atomic E-state index is 15.3. The average Bonchev–Trinajstić information content (AvgIpc) is 3.57. The Kier molecular flexibility index (Phi) is 8.22. The molecule has 2 aromatic carbocycles. The van der Waals surface area contributed by atoms with Crippen molar-refractivity contribution in [1.29, 1.82) is 0 Å². The van der Waals surface area contributed by atoms with Gasteiger partial charge < -0.3 is 14.8 Å². The first kappa shape index (κ1) is 27.5. The lowest BCUT2D eigenvalue weighted by molar-refractivity contribution is 0.0945. The molecule has 1 aliphatic rings. The van der Waals surface area contributed by atoms with E-state index in [1.165, 1.54) is 29.0 Å². The lowest BCUT2D eigenvalue weighted by Crippen LogP contribution is -2.30. The first-order valence-corrected chi connectivity index (χ1v) is 13.3. The Bertz CT molecular complexity index is 1510. The monoisotopic (exact) mass is 547 g/mol. The van der Waals surface area contributed by atoms with Crippen LogP contribution in [0, 0.1) is 12.7 Å². The number of carbonyl (C=O) groups excluding carboxylic acids is 1. The molecule has 3 heterocycles. The quantitative estimate of drug-likeness (QED) is 0.325. The van der Waals surface area contributed by atoms with Crippen molar-refractivity contribution in [2.45, 2.75) is 46.5 Å². The molecule has 0 saturated carbocycles. The van der Waals surface area contributed by atoms with Crippen molar-refractivity contribution >= 4 is 5.91 Å². The smallest absolute Gasteiger partial charge is 0.255 e. The van der Waals surface area contributed by atoms with Crippen LogP contribution in [0.25, 0.3) is 5.69 Å². The highest BCUT2D eigenvalue weighted by atomic mass is 19.1. The minimum atomic E-state index is -0.574. The Morgan fingerprint density at radius 1 is 1.15 bits per heavy atom. The van der Waals surface area contributed by atoms with Crippen molar-refractivity contribution in [3.63, 3.8) is 0 Å². The summed E-state index contributed by atoms with van der Waals surface area (Å²) in [5.41, 5.74) is 6.10. The molecule has 210 valence electrons. The summed E-state index contributed by atoms with van der Waals surface area (Å²) in [4.78, 5) is 15.8. The van der Waals surface area contributed by atoms with Gasteiger partial charge in [-0.05, 0) is 48.7 Å². The van der Waals surface area contributed by atoms with Gasteiger partial charge in [0.2, 0.25) is 0 Å². The van der Waals surface area contributed by atoms with E-state index >= 15 is 4.39 Å². The number of methoxy groups -OCH3 is 2. The van der Waals surface area contributed by atoms with Crippen LogP contribution in [0.2, 0.25) is 0 Å². The number of benzene rings is 2. The summed E-state index contributed by atoms with van der Waals surface area (Å²) < 4.78 is 29.0. The van der Waals surface area contributed by atoms with Gasteiger partial charge in [-0.15, -0.1) is 5.10 Å². The number of amides is 1. The molecule has 10 nitrogen and oxygen atoms in total. The van der Waals surface area contributed by atoms with E-state index in [9.17, 15) is 4.79 Å². The van der Waals surface area contributed by atoms with E-state index in [1.807, 2.05) is 0 Å². The zero-order valence-corrected chi connectivity index (χ0v) is 23.3. The van der Waals surface area contributed by atoms with Gasteiger partial charge in [0, 0.05) is 38.5 Å². The molecule has 0 aliphatic carbocycles. The van der Waals surface area contributed by atoms with Gasteiger partial charge in [0.05, 0.1) is 43.4 Å². The normalized spacial score (nSPS) is 13.3. The van der Waals surface area contributed by atoms with Crippen LogP contribution < -0.4 is 10.1 Å². The van der Waals surface area contributed by atoms with Crippen molar-refractivity contribution < 1.29 is 18.7 Å². The summed E-state index contributed by atoms with van der Waals surface area (Å²) in [6.07, 6.45) is 4.46. The van der Waals surface area contributed by atoms with Crippen LogP contribution in [0.5, 0.6) is 5.75 Å². The number of ether oxygens (including phenoxy) is 2. The maximum absolute atomic E-state index is 15.3. The summed E-state index contributed by atoms with van der Waals surface area (Å²) in [6, 6.07) is 9.75. The van der Waals surface area contributed by atoms with Crippen molar-refractivity contribution in [3.8, 4) is 11.4 Å². The molecule has 1 amide bonds. The zero-order chi connectivity index (χ0) is 28.2. The third-order valence-corrected chi connectivity index (χ3v) is 7.20. The fourth-order valence-electron chi connectivity index (χ4n) is 5.06. The highest BCUT2D eigenvalue weighted by Crippen LogP contribution is 2.26. The molecule has 5 rings (SSSR count). The van der Waals surface area contributed by atoms with E-state index in [2.05, 4.69) is 50.8 Å². The Morgan fingerprint density at radius 3 is 2.73 bits per heavy atom. The van der Waals surface area contributed by atoms with E-state index in [0.717, 1.165) is 31.6 Å². The third kappa shape index (κ3) is 5.75. The summed E-state index contributed by atoms with van der Waals surface area (Å²) >= 11 is 0. The number of aromatic nitrogens is 5. The van der Waals surface area contributed by atoms with Gasteiger partial charge in [0.1, 0.15) is 5.69 Å². The number of likely N-dealkylation sites (N-methyl/N-ethyl adjacent to an activating group) is 1. The molecule has 0 radical (unpaired) electrons. The van der Waals surface area contributed by atoms with Crippen LogP contribution in [0.1, 0.15) is 50.9 Å². The zero-order valence-electron chi connectivity index (χ0n) is 23.3. The molecule has 0 saturated heterocycles. The molecule has 2 aromatic heterocycles. The number of hydrogen-bond donors (Lipinski definition) is 1. The number of carbonyl (C=O) groups is 1. The molecule has 40 heavy (non-hydrogen) atoms. The summed E-state index contributed by atoms with van der Waals surface area (Å²) in [5.74, 6) is -0.884. The second kappa shape index (κ2) is 12.0. The van der Waals surface area contributed by atoms with Crippen molar-refractivity contribution in [2.24, 2.45) is 0 Å². The molecule has 0 atom stereocenters. The SMILES string of the molecule is CCN1CCc2ccc(Cn3cc(C(=O)NCc4c(-n5cc(C)nn5)ccc(OC)c4F)c(COC)n3)cc2C1. The molecule has 0 unspecified atom stereocenters. The number of rotatable bonds is 10. The standard InChI is InChI=1S/C29H34FN7O3/c1-5-35-11-10-21-7-6-20(12-22(21)16-35)15-36-17-24(25(33-36)18-39-3)29(38)31-13-23-26(37-14-19(2)32-34-37)8-9-27(40-4)28(23)30/h6-9,12,14,17H,5,10-11,13,15-16,18H2,1-4H3,(H,31,38). The van der Waals surface area contributed by atoms with Crippen molar-refractivity contribution in [1.82, 2.24) is 35.0 Å². The summed E-state index contributed by atoms with van der Waals surface area (Å²) in [7, 11) is 2.95. The van der Waals surface area contributed by atoms with Crippen LogP contribution in [0.4, 0.5) is 4.39 Å². The van der Waals surface area contributed by atoms with E-state index in [1.54, 1.807) is 37.2 Å². The second-order valence-electron chi connectivity index (χ2n) is 9.91. The maximum Gasteiger partial charge on any atom is 0.255 e. The average molecular weight is 548 g/mol. The molecule has 0 bridgehead atoms. The van der Waals surface area contributed by atoms with E-state index < -0.39 is 5.82 Å². The highest BCUT2D eigenvalue weighted by Gasteiger charge is 2.21. The predicted octanol–water partition coefficient (Wildman–Crippen LogP) is 3.42. The molecular weight excluding hydrogens is 513 g/mol. The van der Waals surface area contributed by atoms with E-state index in [0.29, 0.717) is 29.2 Å². The van der Waals surface area contributed by atoms with Gasteiger partial charge in [0.15, 0.2) is 11.6 Å². The molecule has 1 aliphatic heterocycles. The molecule has 1 N–H and O–H groups in total. The van der Waals surface area contributed by atoms with Crippen LogP contribution in [0.3, 0.4) is 0 Å². The number of hydrogen-bond acceptors (Lipinski definition) is 7. The molecular formula is C29H34FN7O3. The lowest BCUT2D eigenvalue weighted by Gasteiger charge is -2.27. The molecule has 4 aromatic rings.